The maximum Gasteiger partial charge on any atom is 0.324 e. The molecule has 0 radical (unpaired) electrons. The minimum absolute atomic E-state index is 0.0139. The van der Waals surface area contributed by atoms with Gasteiger partial charge in [0, 0.05) is 5.92 Å². The molecule has 1 aromatic carbocycles. The fourth-order valence-electron chi connectivity index (χ4n) is 3.91. The molecular weight excluding hydrogens is 214 g/mol. The van der Waals surface area contributed by atoms with E-state index in [2.05, 4.69) is 0 Å². The summed E-state index contributed by atoms with van der Waals surface area (Å²) in [5, 5.41) is 9.50. The predicted octanol–water partition coefficient (Wildman–Crippen LogP) is 1.98. The predicted molar refractivity (Wildman–Crippen MR) is 64.6 cm³/mol. The summed E-state index contributed by atoms with van der Waals surface area (Å²) in [6.07, 6.45) is 3.07. The van der Waals surface area contributed by atoms with Gasteiger partial charge >= 0.3 is 5.97 Å². The Morgan fingerprint density at radius 3 is 2.65 bits per heavy atom. The van der Waals surface area contributed by atoms with Gasteiger partial charge in [-0.1, -0.05) is 30.3 Å². The molecule has 3 N–H and O–H groups in total. The molecule has 0 aliphatic heterocycles. The Morgan fingerprint density at radius 1 is 1.29 bits per heavy atom. The van der Waals surface area contributed by atoms with Gasteiger partial charge in [-0.2, -0.15) is 0 Å². The summed E-state index contributed by atoms with van der Waals surface area (Å²) < 4.78 is 0. The lowest BCUT2D eigenvalue weighted by atomic mass is 9.70. The molecule has 0 aromatic heterocycles. The smallest absolute Gasteiger partial charge is 0.324 e. The van der Waals surface area contributed by atoms with Crippen molar-refractivity contribution in [1.29, 1.82) is 0 Å². The van der Waals surface area contributed by atoms with Gasteiger partial charge < -0.3 is 10.8 Å². The number of rotatable bonds is 2. The molecule has 90 valence electrons. The van der Waals surface area contributed by atoms with E-state index in [0.717, 1.165) is 24.8 Å². The summed E-state index contributed by atoms with van der Waals surface area (Å²) in [5.74, 6) is -0.253. The Labute approximate surface area is 101 Å². The van der Waals surface area contributed by atoms with Crippen LogP contribution in [0.3, 0.4) is 0 Å². The highest BCUT2D eigenvalue weighted by Gasteiger charge is 2.60. The van der Waals surface area contributed by atoms with Crippen molar-refractivity contribution in [2.75, 3.05) is 0 Å². The number of carbonyl (C=O) groups is 1. The largest absolute Gasteiger partial charge is 0.480 e. The second-order valence-corrected chi connectivity index (χ2v) is 5.40. The van der Waals surface area contributed by atoms with Gasteiger partial charge in [0.15, 0.2) is 0 Å². The number of hydrogen-bond acceptors (Lipinski definition) is 2. The molecule has 4 atom stereocenters. The van der Waals surface area contributed by atoms with Crippen LogP contribution in [0.25, 0.3) is 0 Å². The number of nitrogens with two attached hydrogens (primary N) is 1. The molecule has 2 aliphatic rings. The Hall–Kier alpha value is -1.35. The molecular formula is C14H17NO2. The monoisotopic (exact) mass is 231 g/mol. The SMILES string of the molecule is N[C@@]1(C(=O)O)[C@@H]2CC[C@@H](C2)[C@@H]1c1ccccc1. The zero-order chi connectivity index (χ0) is 12.0. The highest BCUT2D eigenvalue weighted by Crippen LogP contribution is 2.57. The molecule has 0 spiro atoms. The second-order valence-electron chi connectivity index (χ2n) is 5.40. The van der Waals surface area contributed by atoms with Gasteiger partial charge in [0.2, 0.25) is 0 Å². The molecule has 0 saturated heterocycles. The number of aliphatic carboxylic acids is 1. The van der Waals surface area contributed by atoms with Crippen molar-refractivity contribution >= 4 is 5.97 Å². The molecule has 0 heterocycles. The van der Waals surface area contributed by atoms with Crippen molar-refractivity contribution in [1.82, 2.24) is 0 Å². The first-order chi connectivity index (χ1) is 8.14. The van der Waals surface area contributed by atoms with Gasteiger partial charge in [-0.15, -0.1) is 0 Å². The maximum absolute atomic E-state index is 11.6. The van der Waals surface area contributed by atoms with Crippen LogP contribution in [-0.4, -0.2) is 16.6 Å². The normalized spacial score (nSPS) is 39.5. The highest BCUT2D eigenvalue weighted by atomic mass is 16.4. The van der Waals surface area contributed by atoms with E-state index in [9.17, 15) is 9.90 Å². The highest BCUT2D eigenvalue weighted by molar-refractivity contribution is 5.81. The van der Waals surface area contributed by atoms with E-state index >= 15 is 0 Å². The Morgan fingerprint density at radius 2 is 2.00 bits per heavy atom. The van der Waals surface area contributed by atoms with Crippen LogP contribution in [0.1, 0.15) is 30.7 Å². The van der Waals surface area contributed by atoms with Gasteiger partial charge in [0.05, 0.1) is 0 Å². The number of carboxylic acids is 1. The molecule has 0 unspecified atom stereocenters. The Balaban J connectivity index is 2.06. The van der Waals surface area contributed by atoms with Gasteiger partial charge in [-0.25, -0.2) is 0 Å². The van der Waals surface area contributed by atoms with Gasteiger partial charge in [0.1, 0.15) is 5.54 Å². The van der Waals surface area contributed by atoms with E-state index in [1.54, 1.807) is 0 Å². The number of hydrogen-bond donors (Lipinski definition) is 2. The van der Waals surface area contributed by atoms with Crippen molar-refractivity contribution in [2.24, 2.45) is 17.6 Å². The average Bonchev–Trinajstić information content (AvgIpc) is 2.89. The molecule has 3 nitrogen and oxygen atoms in total. The quantitative estimate of drug-likeness (QED) is 0.818. The Kier molecular flexibility index (Phi) is 2.26. The summed E-state index contributed by atoms with van der Waals surface area (Å²) in [5.41, 5.74) is 6.30. The van der Waals surface area contributed by atoms with Crippen LogP contribution in [0.5, 0.6) is 0 Å². The number of carboxylic acid groups (broad SMARTS) is 1. The number of fused-ring (bicyclic) bond motifs is 2. The molecule has 2 saturated carbocycles. The van der Waals surface area contributed by atoms with E-state index in [0.29, 0.717) is 5.92 Å². The third-order valence-corrected chi connectivity index (χ3v) is 4.66. The second kappa shape index (κ2) is 3.57. The lowest BCUT2D eigenvalue weighted by molar-refractivity contribution is -0.146. The summed E-state index contributed by atoms with van der Waals surface area (Å²) in [6, 6.07) is 9.90. The molecule has 2 fully saturated rings. The fraction of sp³-hybridized carbons (Fsp3) is 0.500. The molecule has 17 heavy (non-hydrogen) atoms. The van der Waals surface area contributed by atoms with Crippen LogP contribution in [0.4, 0.5) is 0 Å². The van der Waals surface area contributed by atoms with E-state index in [1.807, 2.05) is 30.3 Å². The zero-order valence-electron chi connectivity index (χ0n) is 9.67. The first kappa shape index (κ1) is 10.8. The summed E-state index contributed by atoms with van der Waals surface area (Å²) in [7, 11) is 0. The summed E-state index contributed by atoms with van der Waals surface area (Å²) in [6.45, 7) is 0. The molecule has 3 heteroatoms. The van der Waals surface area contributed by atoms with Crippen molar-refractivity contribution in [3.63, 3.8) is 0 Å². The van der Waals surface area contributed by atoms with Crippen LogP contribution in [0.15, 0.2) is 30.3 Å². The minimum Gasteiger partial charge on any atom is -0.480 e. The van der Waals surface area contributed by atoms with Crippen LogP contribution in [0, 0.1) is 11.8 Å². The summed E-state index contributed by atoms with van der Waals surface area (Å²) in [4.78, 5) is 11.6. The van der Waals surface area contributed by atoms with Crippen molar-refractivity contribution in [2.45, 2.75) is 30.7 Å². The van der Waals surface area contributed by atoms with Crippen LogP contribution < -0.4 is 5.73 Å². The van der Waals surface area contributed by atoms with Crippen LogP contribution >= 0.6 is 0 Å². The van der Waals surface area contributed by atoms with E-state index in [-0.39, 0.29) is 11.8 Å². The summed E-state index contributed by atoms with van der Waals surface area (Å²) >= 11 is 0. The van der Waals surface area contributed by atoms with E-state index in [1.165, 1.54) is 0 Å². The fourth-order valence-corrected chi connectivity index (χ4v) is 3.91. The van der Waals surface area contributed by atoms with Gasteiger partial charge in [-0.05, 0) is 36.7 Å². The van der Waals surface area contributed by atoms with Gasteiger partial charge in [0.25, 0.3) is 0 Å². The molecule has 2 bridgehead atoms. The number of benzene rings is 1. The van der Waals surface area contributed by atoms with E-state index in [4.69, 9.17) is 5.73 Å². The van der Waals surface area contributed by atoms with Crippen LogP contribution in [-0.2, 0) is 4.79 Å². The zero-order valence-corrected chi connectivity index (χ0v) is 9.67. The maximum atomic E-state index is 11.6. The van der Waals surface area contributed by atoms with Gasteiger partial charge in [-0.3, -0.25) is 4.79 Å². The lowest BCUT2D eigenvalue weighted by Gasteiger charge is -2.37. The molecule has 2 aliphatic carbocycles. The molecule has 0 amide bonds. The lowest BCUT2D eigenvalue weighted by Crippen LogP contribution is -2.56. The minimum atomic E-state index is -1.05. The van der Waals surface area contributed by atoms with Crippen molar-refractivity contribution in [3.8, 4) is 0 Å². The van der Waals surface area contributed by atoms with Crippen molar-refractivity contribution in [3.05, 3.63) is 35.9 Å². The average molecular weight is 231 g/mol. The third-order valence-electron chi connectivity index (χ3n) is 4.66. The first-order valence-electron chi connectivity index (χ1n) is 6.21. The Bertz CT molecular complexity index is 445. The molecule has 3 rings (SSSR count). The van der Waals surface area contributed by atoms with Crippen LogP contribution in [0.2, 0.25) is 0 Å². The first-order valence-corrected chi connectivity index (χ1v) is 6.21. The van der Waals surface area contributed by atoms with Crippen molar-refractivity contribution < 1.29 is 9.90 Å². The molecule has 1 aromatic rings. The third kappa shape index (κ3) is 1.35. The van der Waals surface area contributed by atoms with E-state index < -0.39 is 11.5 Å². The topological polar surface area (TPSA) is 63.3 Å². The standard InChI is InChI=1S/C14H17NO2/c15-14(13(16)17)11-7-6-10(8-11)12(14)9-4-2-1-3-5-9/h1-5,10-12H,6-8,15H2,(H,16,17)/t10-,11+,12-,14-/m0/s1.